The number of amides is 2. The van der Waals surface area contributed by atoms with E-state index in [0.717, 1.165) is 6.20 Å². The number of anilines is 1. The van der Waals surface area contributed by atoms with Crippen molar-refractivity contribution in [3.05, 3.63) is 56.8 Å². The summed E-state index contributed by atoms with van der Waals surface area (Å²) in [6.45, 7) is -0.560. The Bertz CT molecular complexity index is 886. The van der Waals surface area contributed by atoms with Gasteiger partial charge in [-0.2, -0.15) is 0 Å². The van der Waals surface area contributed by atoms with Crippen LogP contribution >= 0.6 is 34.8 Å². The molecule has 0 aliphatic rings. The molecule has 0 fully saturated rings. The number of carbonyl (C=O) groups excluding carboxylic acids is 3. The van der Waals surface area contributed by atoms with E-state index in [2.05, 4.69) is 10.3 Å². The first-order valence-electron chi connectivity index (χ1n) is 7.49. The number of pyridine rings is 1. The largest absolute Gasteiger partial charge is 0.451 e. The Kier molecular flexibility index (Phi) is 7.01. The van der Waals surface area contributed by atoms with Gasteiger partial charge in [-0.15, -0.1) is 0 Å². The fourth-order valence-electron chi connectivity index (χ4n) is 1.94. The number of nitrogens with one attached hydrogen (secondary N) is 1. The summed E-state index contributed by atoms with van der Waals surface area (Å²) in [6.07, 6.45) is 1.16. The Hall–Kier alpha value is -2.35. The molecule has 0 saturated heterocycles. The standard InChI is InChI=1S/C17H14Cl3N3O4/c1-23(2)16(25)9-3-5-10(6-4-9)22-12(24)8-27-17(26)15-14(20)13(19)11(18)7-21-15/h3-7H,8H2,1-2H3,(H,22,24). The zero-order valence-corrected chi connectivity index (χ0v) is 16.5. The molecule has 0 aliphatic carbocycles. The van der Waals surface area contributed by atoms with Crippen molar-refractivity contribution in [1.29, 1.82) is 0 Å². The first-order chi connectivity index (χ1) is 12.7. The molecule has 1 aromatic carbocycles. The Labute approximate surface area is 170 Å². The summed E-state index contributed by atoms with van der Waals surface area (Å²) in [5.74, 6) is -1.65. The summed E-state index contributed by atoms with van der Waals surface area (Å²) in [5.41, 5.74) is 0.673. The number of aromatic nitrogens is 1. The van der Waals surface area contributed by atoms with Crippen LogP contribution in [-0.2, 0) is 9.53 Å². The van der Waals surface area contributed by atoms with Gasteiger partial charge in [0.25, 0.3) is 11.8 Å². The van der Waals surface area contributed by atoms with Crippen LogP contribution in [0.15, 0.2) is 30.5 Å². The van der Waals surface area contributed by atoms with Gasteiger partial charge in [0.15, 0.2) is 12.3 Å². The number of benzene rings is 1. The number of halogens is 3. The molecule has 0 spiro atoms. The Morgan fingerprint density at radius 2 is 1.70 bits per heavy atom. The molecule has 1 aromatic heterocycles. The maximum Gasteiger partial charge on any atom is 0.359 e. The first-order valence-corrected chi connectivity index (χ1v) is 8.62. The van der Waals surface area contributed by atoms with E-state index in [-0.39, 0.29) is 26.7 Å². The van der Waals surface area contributed by atoms with Crippen LogP contribution in [0.5, 0.6) is 0 Å². The van der Waals surface area contributed by atoms with Crippen LogP contribution in [-0.4, -0.2) is 48.4 Å². The summed E-state index contributed by atoms with van der Waals surface area (Å²) in [4.78, 5) is 40.9. The maximum absolute atomic E-state index is 12.0. The summed E-state index contributed by atoms with van der Waals surface area (Å²) in [7, 11) is 3.28. The van der Waals surface area contributed by atoms with Gasteiger partial charge in [-0.3, -0.25) is 9.59 Å². The van der Waals surface area contributed by atoms with E-state index in [1.807, 2.05) is 0 Å². The number of hydrogen-bond donors (Lipinski definition) is 1. The normalized spacial score (nSPS) is 10.3. The third-order valence-corrected chi connectivity index (χ3v) is 4.51. The van der Waals surface area contributed by atoms with Crippen molar-refractivity contribution in [2.45, 2.75) is 0 Å². The predicted molar refractivity (Wildman–Crippen MR) is 103 cm³/mol. The van der Waals surface area contributed by atoms with Crippen molar-refractivity contribution in [2.75, 3.05) is 26.0 Å². The van der Waals surface area contributed by atoms with Crippen molar-refractivity contribution in [1.82, 2.24) is 9.88 Å². The molecule has 2 amide bonds. The molecule has 1 heterocycles. The second kappa shape index (κ2) is 9.03. The molecule has 0 unspecified atom stereocenters. The van der Waals surface area contributed by atoms with Gasteiger partial charge >= 0.3 is 5.97 Å². The lowest BCUT2D eigenvalue weighted by Crippen LogP contribution is -2.22. The zero-order valence-electron chi connectivity index (χ0n) is 14.3. The van der Waals surface area contributed by atoms with Crippen LogP contribution in [0.3, 0.4) is 0 Å². The fourth-order valence-corrected chi connectivity index (χ4v) is 2.49. The molecular weight excluding hydrogens is 417 g/mol. The number of ether oxygens (including phenoxy) is 1. The van der Waals surface area contributed by atoms with Crippen LogP contribution in [0.2, 0.25) is 15.1 Å². The SMILES string of the molecule is CN(C)C(=O)c1ccc(NC(=O)COC(=O)c2ncc(Cl)c(Cl)c2Cl)cc1. The van der Waals surface area contributed by atoms with Gasteiger partial charge in [0.2, 0.25) is 0 Å². The van der Waals surface area contributed by atoms with Gasteiger partial charge in [-0.05, 0) is 24.3 Å². The van der Waals surface area contributed by atoms with Crippen molar-refractivity contribution >= 4 is 58.3 Å². The topological polar surface area (TPSA) is 88.6 Å². The number of rotatable bonds is 5. The highest BCUT2D eigenvalue weighted by Crippen LogP contribution is 2.31. The Balaban J connectivity index is 1.94. The Morgan fingerprint density at radius 3 is 2.30 bits per heavy atom. The minimum absolute atomic E-state index is 0.0305. The molecule has 0 bridgehead atoms. The zero-order chi connectivity index (χ0) is 20.1. The van der Waals surface area contributed by atoms with Gasteiger partial charge in [0.05, 0.1) is 15.1 Å². The lowest BCUT2D eigenvalue weighted by molar-refractivity contribution is -0.119. The van der Waals surface area contributed by atoms with Gasteiger partial charge in [-0.1, -0.05) is 34.8 Å². The quantitative estimate of drug-likeness (QED) is 0.733. The average Bonchev–Trinajstić information content (AvgIpc) is 2.64. The molecule has 27 heavy (non-hydrogen) atoms. The first kappa shape index (κ1) is 21.0. The Morgan fingerprint density at radius 1 is 1.07 bits per heavy atom. The van der Waals surface area contributed by atoms with Gasteiger partial charge < -0.3 is 15.0 Å². The number of esters is 1. The van der Waals surface area contributed by atoms with Crippen molar-refractivity contribution in [3.63, 3.8) is 0 Å². The van der Waals surface area contributed by atoms with Crippen LogP contribution in [0.1, 0.15) is 20.8 Å². The van der Waals surface area contributed by atoms with Gasteiger partial charge in [0.1, 0.15) is 0 Å². The van der Waals surface area contributed by atoms with E-state index in [0.29, 0.717) is 11.3 Å². The van der Waals surface area contributed by atoms with Crippen LogP contribution in [0, 0.1) is 0 Å². The highest BCUT2D eigenvalue weighted by Gasteiger charge is 2.19. The molecule has 10 heteroatoms. The molecule has 2 aromatic rings. The average molecular weight is 431 g/mol. The van der Waals surface area contributed by atoms with Crippen LogP contribution in [0.4, 0.5) is 5.69 Å². The molecule has 2 rings (SSSR count). The van der Waals surface area contributed by atoms with Gasteiger partial charge in [-0.25, -0.2) is 9.78 Å². The second-order valence-corrected chi connectivity index (χ2v) is 6.65. The van der Waals surface area contributed by atoms with E-state index in [4.69, 9.17) is 39.5 Å². The second-order valence-electron chi connectivity index (χ2n) is 5.48. The van der Waals surface area contributed by atoms with Gasteiger partial charge in [0, 0.05) is 31.5 Å². The van der Waals surface area contributed by atoms with Crippen LogP contribution in [0.25, 0.3) is 0 Å². The summed E-state index contributed by atoms with van der Waals surface area (Å²) >= 11 is 17.5. The monoisotopic (exact) mass is 429 g/mol. The third kappa shape index (κ3) is 5.32. The lowest BCUT2D eigenvalue weighted by atomic mass is 10.2. The summed E-state index contributed by atoms with van der Waals surface area (Å²) < 4.78 is 4.87. The molecule has 0 aliphatic heterocycles. The minimum Gasteiger partial charge on any atom is -0.451 e. The predicted octanol–water partition coefficient (Wildman–Crippen LogP) is 3.54. The van der Waals surface area contributed by atoms with Crippen molar-refractivity contribution in [2.24, 2.45) is 0 Å². The molecule has 0 radical (unpaired) electrons. The number of carbonyl (C=O) groups is 3. The summed E-state index contributed by atoms with van der Waals surface area (Å²) in [6, 6.07) is 6.27. The molecule has 0 atom stereocenters. The third-order valence-electron chi connectivity index (χ3n) is 3.27. The van der Waals surface area contributed by atoms with E-state index in [9.17, 15) is 14.4 Å². The van der Waals surface area contributed by atoms with E-state index >= 15 is 0 Å². The minimum atomic E-state index is -0.916. The highest BCUT2D eigenvalue weighted by molar-refractivity contribution is 6.48. The van der Waals surface area contributed by atoms with E-state index < -0.39 is 18.5 Å². The molecule has 142 valence electrons. The highest BCUT2D eigenvalue weighted by atomic mass is 35.5. The van der Waals surface area contributed by atoms with Crippen molar-refractivity contribution in [3.8, 4) is 0 Å². The van der Waals surface area contributed by atoms with E-state index in [1.165, 1.54) is 4.90 Å². The summed E-state index contributed by atoms with van der Waals surface area (Å²) in [5, 5.41) is 2.44. The maximum atomic E-state index is 12.0. The molecule has 0 saturated carbocycles. The van der Waals surface area contributed by atoms with Crippen molar-refractivity contribution < 1.29 is 19.1 Å². The molecular formula is C17H14Cl3N3O4. The molecule has 7 nitrogen and oxygen atoms in total. The number of hydrogen-bond acceptors (Lipinski definition) is 5. The lowest BCUT2D eigenvalue weighted by Gasteiger charge is -2.11. The smallest absolute Gasteiger partial charge is 0.359 e. The fraction of sp³-hybridized carbons (Fsp3) is 0.176. The van der Waals surface area contributed by atoms with Crippen LogP contribution < -0.4 is 5.32 Å². The van der Waals surface area contributed by atoms with E-state index in [1.54, 1.807) is 38.4 Å². The number of nitrogens with zero attached hydrogens (tertiary/aromatic N) is 2. The molecule has 1 N–H and O–H groups in total.